The Labute approximate surface area is 199 Å². The largest absolute Gasteiger partial charge is 0.355 e. The standard InChI is InChI=1S/C25H30N6O3/c32-23(9-6-14-31-24(33)19-7-2-3-8-20(19)25(31)34)30-17-15-29(16-18-30)22-11-10-21(26-27-22)28-12-4-1-5-13-28/h2-3,7-8,10-11H,1,4-6,9,12-18H2. The van der Waals surface area contributed by atoms with Crippen LogP contribution >= 0.6 is 0 Å². The van der Waals surface area contributed by atoms with Gasteiger partial charge >= 0.3 is 0 Å². The summed E-state index contributed by atoms with van der Waals surface area (Å²) >= 11 is 0. The molecule has 3 aliphatic heterocycles. The van der Waals surface area contributed by atoms with Crippen LogP contribution in [0.1, 0.15) is 52.8 Å². The van der Waals surface area contributed by atoms with E-state index in [1.807, 2.05) is 17.0 Å². The monoisotopic (exact) mass is 462 g/mol. The molecular weight excluding hydrogens is 432 g/mol. The van der Waals surface area contributed by atoms with Gasteiger partial charge in [0, 0.05) is 52.2 Å². The third-order valence-corrected chi connectivity index (χ3v) is 6.92. The van der Waals surface area contributed by atoms with Crippen molar-refractivity contribution in [2.24, 2.45) is 0 Å². The van der Waals surface area contributed by atoms with Crippen LogP contribution in [0.15, 0.2) is 36.4 Å². The van der Waals surface area contributed by atoms with Crippen molar-refractivity contribution in [2.45, 2.75) is 32.1 Å². The SMILES string of the molecule is O=C(CCCN1C(=O)c2ccccc2C1=O)N1CCN(c2ccc(N3CCCCC3)nn2)CC1. The second-order valence-electron chi connectivity index (χ2n) is 9.08. The quantitative estimate of drug-likeness (QED) is 0.608. The first-order valence-corrected chi connectivity index (χ1v) is 12.2. The molecule has 0 unspecified atom stereocenters. The number of benzene rings is 1. The molecule has 9 nitrogen and oxygen atoms in total. The van der Waals surface area contributed by atoms with Gasteiger partial charge < -0.3 is 14.7 Å². The number of rotatable bonds is 6. The highest BCUT2D eigenvalue weighted by molar-refractivity contribution is 6.21. The van der Waals surface area contributed by atoms with E-state index in [1.54, 1.807) is 24.3 Å². The summed E-state index contributed by atoms with van der Waals surface area (Å²) in [6, 6.07) is 10.9. The Hall–Kier alpha value is -3.49. The predicted molar refractivity (Wildman–Crippen MR) is 128 cm³/mol. The molecule has 9 heteroatoms. The highest BCUT2D eigenvalue weighted by atomic mass is 16.2. The molecule has 4 heterocycles. The van der Waals surface area contributed by atoms with Crippen LogP contribution in [0.3, 0.4) is 0 Å². The first kappa shape index (κ1) is 22.3. The van der Waals surface area contributed by atoms with Gasteiger partial charge in [-0.05, 0) is 49.9 Å². The number of aromatic nitrogens is 2. The topological polar surface area (TPSA) is 90.0 Å². The molecule has 3 aliphatic rings. The Bertz CT molecular complexity index is 1020. The van der Waals surface area contributed by atoms with Gasteiger partial charge in [-0.1, -0.05) is 12.1 Å². The number of hydrogen-bond donors (Lipinski definition) is 0. The van der Waals surface area contributed by atoms with Crippen LogP contribution in [-0.4, -0.2) is 83.5 Å². The first-order valence-electron chi connectivity index (χ1n) is 12.2. The van der Waals surface area contributed by atoms with E-state index in [1.165, 1.54) is 24.2 Å². The zero-order valence-corrected chi connectivity index (χ0v) is 19.4. The van der Waals surface area contributed by atoms with Crippen LogP contribution in [0.25, 0.3) is 0 Å². The smallest absolute Gasteiger partial charge is 0.261 e. The highest BCUT2D eigenvalue weighted by Gasteiger charge is 2.34. The summed E-state index contributed by atoms with van der Waals surface area (Å²) in [5, 5.41) is 8.87. The summed E-state index contributed by atoms with van der Waals surface area (Å²) in [6.07, 6.45) is 4.48. The van der Waals surface area contributed by atoms with E-state index in [4.69, 9.17) is 0 Å². The third-order valence-electron chi connectivity index (χ3n) is 6.92. The minimum absolute atomic E-state index is 0.0581. The lowest BCUT2D eigenvalue weighted by molar-refractivity contribution is -0.131. The molecule has 0 saturated carbocycles. The van der Waals surface area contributed by atoms with Gasteiger partial charge in [0.2, 0.25) is 5.91 Å². The van der Waals surface area contributed by atoms with Gasteiger partial charge in [0.15, 0.2) is 11.6 Å². The van der Waals surface area contributed by atoms with Crippen LogP contribution in [0.4, 0.5) is 11.6 Å². The molecule has 0 aliphatic carbocycles. The molecule has 0 radical (unpaired) electrons. The summed E-state index contributed by atoms with van der Waals surface area (Å²) in [5.41, 5.74) is 0.893. The lowest BCUT2D eigenvalue weighted by Crippen LogP contribution is -2.49. The molecular formula is C25H30N6O3. The minimum atomic E-state index is -0.269. The molecule has 1 aromatic heterocycles. The number of amides is 3. The molecule has 5 rings (SSSR count). The van der Waals surface area contributed by atoms with Crippen molar-refractivity contribution in [3.8, 4) is 0 Å². The van der Waals surface area contributed by atoms with Crippen LogP contribution in [0.2, 0.25) is 0 Å². The van der Waals surface area contributed by atoms with Gasteiger partial charge in [0.25, 0.3) is 11.8 Å². The lowest BCUT2D eigenvalue weighted by atomic mass is 10.1. The zero-order valence-electron chi connectivity index (χ0n) is 19.4. The summed E-state index contributed by atoms with van der Waals surface area (Å²) in [7, 11) is 0. The maximum absolute atomic E-state index is 12.7. The average Bonchev–Trinajstić information content (AvgIpc) is 3.14. The number of carbonyl (C=O) groups is 3. The summed E-state index contributed by atoms with van der Waals surface area (Å²) in [6.45, 7) is 5.02. The number of imide groups is 1. The Morgan fingerprint density at radius 1 is 0.735 bits per heavy atom. The van der Waals surface area contributed by atoms with E-state index in [2.05, 4.69) is 20.0 Å². The van der Waals surface area contributed by atoms with E-state index < -0.39 is 0 Å². The number of piperazine rings is 1. The maximum atomic E-state index is 12.7. The number of fused-ring (bicyclic) bond motifs is 1. The number of nitrogens with zero attached hydrogens (tertiary/aromatic N) is 6. The number of hydrogen-bond acceptors (Lipinski definition) is 7. The zero-order chi connectivity index (χ0) is 23.5. The Morgan fingerprint density at radius 2 is 1.29 bits per heavy atom. The molecule has 34 heavy (non-hydrogen) atoms. The van der Waals surface area contributed by atoms with Crippen LogP contribution in [0.5, 0.6) is 0 Å². The van der Waals surface area contributed by atoms with Gasteiger partial charge in [-0.3, -0.25) is 19.3 Å². The molecule has 0 bridgehead atoms. The lowest BCUT2D eigenvalue weighted by Gasteiger charge is -2.35. The third kappa shape index (κ3) is 4.47. The molecule has 3 amide bonds. The van der Waals surface area contributed by atoms with Crippen molar-refractivity contribution >= 4 is 29.4 Å². The van der Waals surface area contributed by atoms with E-state index in [-0.39, 0.29) is 24.3 Å². The Morgan fingerprint density at radius 3 is 1.85 bits per heavy atom. The van der Waals surface area contributed by atoms with Crippen LogP contribution < -0.4 is 9.80 Å². The highest BCUT2D eigenvalue weighted by Crippen LogP contribution is 2.23. The summed E-state index contributed by atoms with van der Waals surface area (Å²) in [5.74, 6) is 1.31. The molecule has 0 spiro atoms. The van der Waals surface area contributed by atoms with Gasteiger partial charge in [0.05, 0.1) is 11.1 Å². The van der Waals surface area contributed by atoms with Gasteiger partial charge in [-0.15, -0.1) is 10.2 Å². The van der Waals surface area contributed by atoms with Crippen LogP contribution in [0, 0.1) is 0 Å². The average molecular weight is 463 g/mol. The van der Waals surface area contributed by atoms with Gasteiger partial charge in [-0.2, -0.15) is 0 Å². The fraction of sp³-hybridized carbons (Fsp3) is 0.480. The second kappa shape index (κ2) is 9.79. The van der Waals surface area contributed by atoms with Gasteiger partial charge in [0.1, 0.15) is 0 Å². The molecule has 2 saturated heterocycles. The van der Waals surface area contributed by atoms with Crippen LogP contribution in [-0.2, 0) is 4.79 Å². The van der Waals surface area contributed by atoms with Gasteiger partial charge in [-0.25, -0.2) is 0 Å². The van der Waals surface area contributed by atoms with E-state index >= 15 is 0 Å². The fourth-order valence-electron chi connectivity index (χ4n) is 4.95. The molecule has 178 valence electrons. The second-order valence-corrected chi connectivity index (χ2v) is 9.08. The molecule has 2 aromatic rings. The van der Waals surface area contributed by atoms with E-state index in [0.717, 1.165) is 24.7 Å². The predicted octanol–water partition coefficient (Wildman–Crippen LogP) is 2.19. The molecule has 2 fully saturated rings. The van der Waals surface area contributed by atoms with Crippen molar-refractivity contribution in [1.29, 1.82) is 0 Å². The fourth-order valence-corrected chi connectivity index (χ4v) is 4.95. The van der Waals surface area contributed by atoms with E-state index in [9.17, 15) is 14.4 Å². The number of carbonyl (C=O) groups excluding carboxylic acids is 3. The first-order chi connectivity index (χ1) is 16.6. The Balaban J connectivity index is 1.07. The minimum Gasteiger partial charge on any atom is -0.355 e. The van der Waals surface area contributed by atoms with Crippen molar-refractivity contribution in [3.63, 3.8) is 0 Å². The van der Waals surface area contributed by atoms with Crippen molar-refractivity contribution < 1.29 is 14.4 Å². The molecule has 0 atom stereocenters. The molecule has 1 aromatic carbocycles. The normalized spacial score (nSPS) is 18.5. The van der Waals surface area contributed by atoms with E-state index in [0.29, 0.717) is 50.1 Å². The van der Waals surface area contributed by atoms with Crippen molar-refractivity contribution in [1.82, 2.24) is 20.0 Å². The van der Waals surface area contributed by atoms with Crippen molar-refractivity contribution in [2.75, 3.05) is 55.6 Å². The Kier molecular flexibility index (Phi) is 6.42. The number of anilines is 2. The number of piperidine rings is 1. The summed E-state index contributed by atoms with van der Waals surface area (Å²) in [4.78, 5) is 45.2. The maximum Gasteiger partial charge on any atom is 0.261 e. The summed E-state index contributed by atoms with van der Waals surface area (Å²) < 4.78 is 0. The van der Waals surface area contributed by atoms with Crippen molar-refractivity contribution in [3.05, 3.63) is 47.5 Å². The molecule has 0 N–H and O–H groups in total.